The van der Waals surface area contributed by atoms with E-state index in [1.54, 1.807) is 11.7 Å². The molecule has 0 radical (unpaired) electrons. The van der Waals surface area contributed by atoms with Crippen LogP contribution < -0.4 is 10.3 Å². The summed E-state index contributed by atoms with van der Waals surface area (Å²) in [6.45, 7) is 6.64. The second-order valence-corrected chi connectivity index (χ2v) is 9.60. The van der Waals surface area contributed by atoms with Crippen LogP contribution in [-0.2, 0) is 19.0 Å². The van der Waals surface area contributed by atoms with Crippen molar-refractivity contribution in [1.29, 1.82) is 0 Å². The molecule has 0 spiro atoms. The second-order valence-electron chi connectivity index (χ2n) is 9.60. The number of rotatable bonds is 5. The van der Waals surface area contributed by atoms with E-state index in [0.717, 1.165) is 22.4 Å². The van der Waals surface area contributed by atoms with Crippen molar-refractivity contribution in [2.75, 3.05) is 7.11 Å². The standard InChI is InChI=1S/C27H27N5O3/c1-27(2,3)19-11-9-17(10-12-19)25-29-22(35-30-25)15-32-16-28-23-21(14-31(4)24(23)26(32)33)18-7-6-8-20(13-18)34-5/h6-14,16H,15H2,1-5H3. The smallest absolute Gasteiger partial charge is 0.278 e. The lowest BCUT2D eigenvalue weighted by Gasteiger charge is -2.18. The van der Waals surface area contributed by atoms with Gasteiger partial charge in [-0.05, 0) is 28.7 Å². The van der Waals surface area contributed by atoms with Crippen LogP contribution in [0.25, 0.3) is 33.5 Å². The summed E-state index contributed by atoms with van der Waals surface area (Å²) >= 11 is 0. The molecule has 35 heavy (non-hydrogen) atoms. The summed E-state index contributed by atoms with van der Waals surface area (Å²) in [5.41, 5.74) is 4.90. The van der Waals surface area contributed by atoms with Crippen LogP contribution in [0.1, 0.15) is 32.2 Å². The van der Waals surface area contributed by atoms with E-state index in [-0.39, 0.29) is 17.5 Å². The van der Waals surface area contributed by atoms with Crippen molar-refractivity contribution in [3.63, 3.8) is 0 Å². The average molecular weight is 470 g/mol. The van der Waals surface area contributed by atoms with Crippen LogP contribution in [0.3, 0.4) is 0 Å². The Morgan fingerprint density at radius 3 is 2.54 bits per heavy atom. The third kappa shape index (κ3) is 4.23. The fourth-order valence-electron chi connectivity index (χ4n) is 4.13. The van der Waals surface area contributed by atoms with Crippen molar-refractivity contribution in [3.05, 3.63) is 82.9 Å². The maximum Gasteiger partial charge on any atom is 0.278 e. The van der Waals surface area contributed by atoms with E-state index in [1.165, 1.54) is 16.5 Å². The van der Waals surface area contributed by atoms with Gasteiger partial charge in [-0.25, -0.2) is 4.98 Å². The van der Waals surface area contributed by atoms with Crippen molar-refractivity contribution in [1.82, 2.24) is 24.3 Å². The van der Waals surface area contributed by atoms with Crippen molar-refractivity contribution in [2.45, 2.75) is 32.7 Å². The molecule has 0 fully saturated rings. The normalized spacial score (nSPS) is 11.8. The maximum atomic E-state index is 13.3. The van der Waals surface area contributed by atoms with E-state index >= 15 is 0 Å². The van der Waals surface area contributed by atoms with Crippen LogP contribution in [0, 0.1) is 0 Å². The first-order valence-corrected chi connectivity index (χ1v) is 11.4. The summed E-state index contributed by atoms with van der Waals surface area (Å²) in [4.78, 5) is 22.4. The van der Waals surface area contributed by atoms with Gasteiger partial charge in [-0.2, -0.15) is 4.98 Å². The highest BCUT2D eigenvalue weighted by Crippen LogP contribution is 2.30. The third-order valence-corrected chi connectivity index (χ3v) is 6.11. The minimum Gasteiger partial charge on any atom is -0.497 e. The number of nitrogens with zero attached hydrogens (tertiary/aromatic N) is 5. The molecular formula is C27H27N5O3. The molecule has 3 heterocycles. The molecule has 5 rings (SSSR count). The van der Waals surface area contributed by atoms with Crippen molar-refractivity contribution < 1.29 is 9.26 Å². The summed E-state index contributed by atoms with van der Waals surface area (Å²) in [7, 11) is 3.47. The first kappa shape index (κ1) is 22.6. The second kappa shape index (κ2) is 8.54. The lowest BCUT2D eigenvalue weighted by atomic mass is 9.87. The number of aromatic nitrogens is 5. The Morgan fingerprint density at radius 2 is 1.83 bits per heavy atom. The topological polar surface area (TPSA) is 88.0 Å². The molecular weight excluding hydrogens is 442 g/mol. The molecule has 0 saturated heterocycles. The van der Waals surface area contributed by atoms with Crippen LogP contribution in [0.5, 0.6) is 5.75 Å². The lowest BCUT2D eigenvalue weighted by molar-refractivity contribution is 0.369. The van der Waals surface area contributed by atoms with Gasteiger partial charge in [-0.1, -0.05) is 62.3 Å². The monoisotopic (exact) mass is 469 g/mol. The highest BCUT2D eigenvalue weighted by Gasteiger charge is 2.18. The van der Waals surface area contributed by atoms with Gasteiger partial charge in [0.2, 0.25) is 11.7 Å². The van der Waals surface area contributed by atoms with Crippen LogP contribution in [0.2, 0.25) is 0 Å². The van der Waals surface area contributed by atoms with Crippen LogP contribution in [0.4, 0.5) is 0 Å². The zero-order chi connectivity index (χ0) is 24.7. The summed E-state index contributed by atoms with van der Waals surface area (Å²) in [5, 5.41) is 4.11. The van der Waals surface area contributed by atoms with E-state index < -0.39 is 0 Å². The summed E-state index contributed by atoms with van der Waals surface area (Å²) in [6.07, 6.45) is 3.43. The first-order valence-electron chi connectivity index (χ1n) is 11.4. The van der Waals surface area contributed by atoms with Gasteiger partial charge in [-0.15, -0.1) is 0 Å². The van der Waals surface area contributed by atoms with E-state index in [9.17, 15) is 4.79 Å². The number of hydrogen-bond donors (Lipinski definition) is 0. The van der Waals surface area contributed by atoms with Crippen molar-refractivity contribution >= 4 is 11.0 Å². The Morgan fingerprint density at radius 1 is 1.06 bits per heavy atom. The highest BCUT2D eigenvalue weighted by atomic mass is 16.5. The minimum absolute atomic E-state index is 0.0666. The predicted octanol–water partition coefficient (Wildman–Crippen LogP) is 4.81. The molecule has 0 bridgehead atoms. The molecule has 178 valence electrons. The molecule has 0 N–H and O–H groups in total. The molecule has 3 aromatic heterocycles. The number of aryl methyl sites for hydroxylation is 1. The Hall–Kier alpha value is -4.20. The Labute approximate surface area is 202 Å². The molecule has 0 aliphatic heterocycles. The SMILES string of the molecule is COc1cccc(-c2cn(C)c3c(=O)n(Cc4nc(-c5ccc(C(C)(C)C)cc5)no4)cnc23)c1. The Balaban J connectivity index is 1.45. The zero-order valence-electron chi connectivity index (χ0n) is 20.4. The number of benzene rings is 2. The molecule has 0 aliphatic carbocycles. The Bertz CT molecular complexity index is 1570. The molecule has 0 saturated carbocycles. The number of fused-ring (bicyclic) bond motifs is 1. The summed E-state index contributed by atoms with van der Waals surface area (Å²) < 4.78 is 14.1. The Kier molecular flexibility index (Phi) is 5.51. The zero-order valence-corrected chi connectivity index (χ0v) is 20.4. The van der Waals surface area contributed by atoms with E-state index in [1.807, 2.05) is 49.6 Å². The summed E-state index contributed by atoms with van der Waals surface area (Å²) in [6, 6.07) is 15.8. The molecule has 0 unspecified atom stereocenters. The number of ether oxygens (including phenoxy) is 1. The van der Waals surface area contributed by atoms with Gasteiger partial charge in [0.15, 0.2) is 0 Å². The predicted molar refractivity (Wildman–Crippen MR) is 134 cm³/mol. The summed E-state index contributed by atoms with van der Waals surface area (Å²) in [5.74, 6) is 1.57. The number of methoxy groups -OCH3 is 1. The van der Waals surface area contributed by atoms with Crippen LogP contribution >= 0.6 is 0 Å². The molecule has 8 heteroatoms. The average Bonchev–Trinajstić information content (AvgIpc) is 3.45. The molecule has 0 atom stereocenters. The quantitative estimate of drug-likeness (QED) is 0.367. The van der Waals surface area contributed by atoms with Gasteiger partial charge in [0, 0.05) is 24.4 Å². The lowest BCUT2D eigenvalue weighted by Crippen LogP contribution is -2.22. The molecule has 2 aromatic carbocycles. The van der Waals surface area contributed by atoms with Gasteiger partial charge < -0.3 is 13.8 Å². The molecule has 0 amide bonds. The van der Waals surface area contributed by atoms with Crippen molar-refractivity contribution in [2.24, 2.45) is 7.05 Å². The fourth-order valence-corrected chi connectivity index (χ4v) is 4.13. The van der Waals surface area contributed by atoms with E-state index in [4.69, 9.17) is 9.26 Å². The maximum absolute atomic E-state index is 13.3. The number of hydrogen-bond acceptors (Lipinski definition) is 6. The van der Waals surface area contributed by atoms with E-state index in [0.29, 0.717) is 22.7 Å². The highest BCUT2D eigenvalue weighted by molar-refractivity contribution is 5.92. The van der Waals surface area contributed by atoms with Gasteiger partial charge in [-0.3, -0.25) is 9.36 Å². The van der Waals surface area contributed by atoms with Gasteiger partial charge in [0.1, 0.15) is 23.3 Å². The molecule has 0 aliphatic rings. The first-order chi connectivity index (χ1) is 16.7. The largest absolute Gasteiger partial charge is 0.497 e. The van der Waals surface area contributed by atoms with Crippen molar-refractivity contribution in [3.8, 4) is 28.3 Å². The van der Waals surface area contributed by atoms with Gasteiger partial charge in [0.25, 0.3) is 5.56 Å². The van der Waals surface area contributed by atoms with Gasteiger partial charge in [0.05, 0.1) is 13.4 Å². The third-order valence-electron chi connectivity index (χ3n) is 6.11. The molecule has 8 nitrogen and oxygen atoms in total. The van der Waals surface area contributed by atoms with Gasteiger partial charge >= 0.3 is 0 Å². The fraction of sp³-hybridized carbons (Fsp3) is 0.259. The van der Waals surface area contributed by atoms with Crippen LogP contribution in [-0.4, -0.2) is 31.4 Å². The van der Waals surface area contributed by atoms with E-state index in [2.05, 4.69) is 48.0 Å². The van der Waals surface area contributed by atoms with Crippen LogP contribution in [0.15, 0.2) is 70.4 Å². The minimum atomic E-state index is -0.180. The molecule has 5 aromatic rings.